The van der Waals surface area contributed by atoms with E-state index in [-0.39, 0.29) is 18.2 Å². The summed E-state index contributed by atoms with van der Waals surface area (Å²) in [5.41, 5.74) is 5.05. The summed E-state index contributed by atoms with van der Waals surface area (Å²) in [5.74, 6) is -0.214. The average molecular weight is 405 g/mol. The number of benzene rings is 1. The van der Waals surface area contributed by atoms with Crippen LogP contribution < -0.4 is 5.43 Å². The number of hydrazine groups is 1. The van der Waals surface area contributed by atoms with E-state index in [1.165, 1.54) is 22.2 Å². The highest BCUT2D eigenvalue weighted by Gasteiger charge is 2.32. The third-order valence-corrected chi connectivity index (χ3v) is 5.98. The van der Waals surface area contributed by atoms with Gasteiger partial charge >= 0.3 is 0 Å². The lowest BCUT2D eigenvalue weighted by atomic mass is 10.1. The second-order valence-corrected chi connectivity index (χ2v) is 8.50. The Morgan fingerprint density at radius 2 is 1.89 bits per heavy atom. The average Bonchev–Trinajstić information content (AvgIpc) is 2.90. The fraction of sp³-hybridized carbons (Fsp3) is 0.421. The van der Waals surface area contributed by atoms with Crippen molar-refractivity contribution in [3.63, 3.8) is 0 Å². The molecule has 0 aliphatic carbocycles. The number of likely N-dealkylation sites (N-methyl/N-ethyl adjacent to an activating group) is 1. The van der Waals surface area contributed by atoms with E-state index in [0.717, 1.165) is 31.7 Å². The van der Waals surface area contributed by atoms with Crippen molar-refractivity contribution in [2.75, 3.05) is 39.8 Å². The molecule has 0 spiro atoms. The maximum absolute atomic E-state index is 12.6. The Labute approximate surface area is 169 Å². The van der Waals surface area contributed by atoms with E-state index in [4.69, 9.17) is 12.2 Å². The molecule has 0 aromatic heterocycles. The standard InChI is InChI=1S/C19H24N4O2S2/c1-14-3-5-15(6-4-14)13-16-18(25)23(19(26)27-16)8-7-17(24)20-22-11-9-21(2)10-12-22/h3-6,13H,7-12H2,1-2H3,(H,20,24)/b16-13+. The number of hydrogen-bond acceptors (Lipinski definition) is 6. The summed E-state index contributed by atoms with van der Waals surface area (Å²) in [5, 5.41) is 1.93. The van der Waals surface area contributed by atoms with Crippen molar-refractivity contribution in [2.24, 2.45) is 0 Å². The lowest BCUT2D eigenvalue weighted by Gasteiger charge is -2.32. The van der Waals surface area contributed by atoms with E-state index in [0.29, 0.717) is 15.8 Å². The molecule has 2 aliphatic rings. The highest BCUT2D eigenvalue weighted by Crippen LogP contribution is 2.32. The van der Waals surface area contributed by atoms with E-state index in [2.05, 4.69) is 17.4 Å². The minimum absolute atomic E-state index is 0.0869. The molecule has 2 aliphatic heterocycles. The van der Waals surface area contributed by atoms with Gasteiger partial charge in [0.25, 0.3) is 5.91 Å². The van der Waals surface area contributed by atoms with E-state index >= 15 is 0 Å². The van der Waals surface area contributed by atoms with Gasteiger partial charge in [0.15, 0.2) is 0 Å². The number of nitrogens with one attached hydrogen (secondary N) is 1. The molecule has 1 aromatic carbocycles. The molecule has 2 saturated heterocycles. The Hall–Kier alpha value is -1.74. The summed E-state index contributed by atoms with van der Waals surface area (Å²) in [6.45, 7) is 5.80. The molecule has 2 fully saturated rings. The second-order valence-electron chi connectivity index (χ2n) is 6.82. The Kier molecular flexibility index (Phi) is 6.64. The molecule has 8 heteroatoms. The van der Waals surface area contributed by atoms with Gasteiger partial charge in [-0.3, -0.25) is 19.9 Å². The third-order valence-electron chi connectivity index (χ3n) is 4.60. The quantitative estimate of drug-likeness (QED) is 0.597. The van der Waals surface area contributed by atoms with Gasteiger partial charge in [0.1, 0.15) is 4.32 Å². The van der Waals surface area contributed by atoms with E-state index in [1.54, 1.807) is 0 Å². The maximum Gasteiger partial charge on any atom is 0.266 e. The zero-order valence-corrected chi connectivity index (χ0v) is 17.2. The van der Waals surface area contributed by atoms with Crippen molar-refractivity contribution in [2.45, 2.75) is 13.3 Å². The van der Waals surface area contributed by atoms with Crippen LogP contribution >= 0.6 is 24.0 Å². The molecule has 1 aromatic rings. The van der Waals surface area contributed by atoms with Crippen LogP contribution in [-0.4, -0.2) is 70.7 Å². The van der Waals surface area contributed by atoms with Gasteiger partial charge in [-0.1, -0.05) is 53.8 Å². The van der Waals surface area contributed by atoms with Crippen LogP contribution in [0.1, 0.15) is 17.5 Å². The summed E-state index contributed by atoms with van der Waals surface area (Å²) in [6.07, 6.45) is 2.08. The number of nitrogens with zero attached hydrogens (tertiary/aromatic N) is 3. The first-order valence-electron chi connectivity index (χ1n) is 8.97. The molecule has 0 bridgehead atoms. The fourth-order valence-corrected chi connectivity index (χ4v) is 4.18. The van der Waals surface area contributed by atoms with E-state index < -0.39 is 0 Å². The van der Waals surface area contributed by atoms with Crippen molar-refractivity contribution >= 4 is 46.2 Å². The number of hydrogen-bond donors (Lipinski definition) is 1. The van der Waals surface area contributed by atoms with Gasteiger partial charge in [-0.15, -0.1) is 0 Å². The molecular weight excluding hydrogens is 380 g/mol. The number of carbonyl (C=O) groups excluding carboxylic acids is 2. The first kappa shape index (κ1) is 20.0. The monoisotopic (exact) mass is 404 g/mol. The Morgan fingerprint density at radius 3 is 2.56 bits per heavy atom. The van der Waals surface area contributed by atoms with Gasteiger partial charge in [-0.25, -0.2) is 5.01 Å². The van der Waals surface area contributed by atoms with Crippen molar-refractivity contribution in [3.8, 4) is 0 Å². The van der Waals surface area contributed by atoms with E-state index in [1.807, 2.05) is 42.3 Å². The summed E-state index contributed by atoms with van der Waals surface area (Å²) in [6, 6.07) is 7.97. The lowest BCUT2D eigenvalue weighted by molar-refractivity contribution is -0.127. The predicted octanol–water partition coefficient (Wildman–Crippen LogP) is 1.86. The molecule has 3 rings (SSSR count). The van der Waals surface area contributed by atoms with Gasteiger partial charge in [-0.2, -0.15) is 0 Å². The Bertz CT molecular complexity index is 755. The molecule has 0 saturated carbocycles. The first-order chi connectivity index (χ1) is 12.9. The SMILES string of the molecule is Cc1ccc(/C=C2/SC(=S)N(CCC(=O)NN3CCN(C)CC3)C2=O)cc1. The molecule has 1 N–H and O–H groups in total. The van der Waals surface area contributed by atoms with Crippen molar-refractivity contribution in [1.82, 2.24) is 20.2 Å². The van der Waals surface area contributed by atoms with Gasteiger partial charge in [0, 0.05) is 39.1 Å². The number of carbonyl (C=O) groups is 2. The van der Waals surface area contributed by atoms with Gasteiger partial charge < -0.3 is 4.90 Å². The number of rotatable bonds is 5. The first-order valence-corrected chi connectivity index (χ1v) is 10.2. The largest absolute Gasteiger partial charge is 0.304 e. The summed E-state index contributed by atoms with van der Waals surface area (Å²) >= 11 is 6.63. The fourth-order valence-electron chi connectivity index (χ4n) is 2.87. The summed E-state index contributed by atoms with van der Waals surface area (Å²) < 4.78 is 0.505. The zero-order valence-electron chi connectivity index (χ0n) is 15.6. The Balaban J connectivity index is 1.53. The van der Waals surface area contributed by atoms with Crippen LogP contribution in [0.4, 0.5) is 0 Å². The second kappa shape index (κ2) is 8.97. The van der Waals surface area contributed by atoms with Crippen molar-refractivity contribution < 1.29 is 9.59 Å². The van der Waals surface area contributed by atoms with Crippen molar-refractivity contribution in [3.05, 3.63) is 40.3 Å². The summed E-state index contributed by atoms with van der Waals surface area (Å²) in [7, 11) is 2.07. The van der Waals surface area contributed by atoms with Crippen LogP contribution in [0.3, 0.4) is 0 Å². The number of amides is 2. The van der Waals surface area contributed by atoms with Crippen LogP contribution in [0, 0.1) is 6.92 Å². The van der Waals surface area contributed by atoms with E-state index in [9.17, 15) is 9.59 Å². The number of thiocarbonyl (C=S) groups is 1. The van der Waals surface area contributed by atoms with Crippen LogP contribution in [0.25, 0.3) is 6.08 Å². The van der Waals surface area contributed by atoms with Gasteiger partial charge in [-0.05, 0) is 25.6 Å². The van der Waals surface area contributed by atoms with Gasteiger partial charge in [0.05, 0.1) is 4.91 Å². The molecule has 0 atom stereocenters. The lowest BCUT2D eigenvalue weighted by Crippen LogP contribution is -2.52. The molecule has 144 valence electrons. The molecule has 0 unspecified atom stereocenters. The predicted molar refractivity (Wildman–Crippen MR) is 113 cm³/mol. The summed E-state index contributed by atoms with van der Waals surface area (Å²) in [4.78, 5) is 29.2. The number of piperazine rings is 1. The topological polar surface area (TPSA) is 55.9 Å². The molecule has 0 radical (unpaired) electrons. The van der Waals surface area contributed by atoms with Crippen molar-refractivity contribution in [1.29, 1.82) is 0 Å². The van der Waals surface area contributed by atoms with Crippen LogP contribution in [-0.2, 0) is 9.59 Å². The molecule has 6 nitrogen and oxygen atoms in total. The van der Waals surface area contributed by atoms with Crippen LogP contribution in [0.15, 0.2) is 29.2 Å². The number of thioether (sulfide) groups is 1. The van der Waals surface area contributed by atoms with Gasteiger partial charge in [0.2, 0.25) is 5.91 Å². The number of aryl methyl sites for hydroxylation is 1. The van der Waals surface area contributed by atoms with Crippen LogP contribution in [0.2, 0.25) is 0 Å². The molecular formula is C19H24N4O2S2. The third kappa shape index (κ3) is 5.38. The zero-order chi connectivity index (χ0) is 19.4. The minimum Gasteiger partial charge on any atom is -0.304 e. The molecule has 27 heavy (non-hydrogen) atoms. The minimum atomic E-state index is -0.127. The smallest absolute Gasteiger partial charge is 0.266 e. The molecule has 2 heterocycles. The highest BCUT2D eigenvalue weighted by molar-refractivity contribution is 8.26. The highest BCUT2D eigenvalue weighted by atomic mass is 32.2. The maximum atomic E-state index is 12.6. The normalized spacial score (nSPS) is 20.5. The van der Waals surface area contributed by atoms with Crippen LogP contribution in [0.5, 0.6) is 0 Å². The molecule has 2 amide bonds. The Morgan fingerprint density at radius 1 is 1.22 bits per heavy atom.